The molecule has 1 N–H and O–H groups in total. The highest BCUT2D eigenvalue weighted by molar-refractivity contribution is 7.90. The molecule has 0 fully saturated rings. The van der Waals surface area contributed by atoms with Crippen molar-refractivity contribution in [3.8, 4) is 17.1 Å². The number of hydrogen-bond donors (Lipinski definition) is 1. The van der Waals surface area contributed by atoms with Crippen LogP contribution in [0.5, 0.6) is 5.75 Å². The fourth-order valence-corrected chi connectivity index (χ4v) is 4.67. The molecule has 0 unspecified atom stereocenters. The molecule has 1 aromatic heterocycles. The summed E-state index contributed by atoms with van der Waals surface area (Å²) < 4.78 is 38.4. The van der Waals surface area contributed by atoms with Gasteiger partial charge in [-0.05, 0) is 46.0 Å². The number of sulfonamides is 1. The molecule has 33 heavy (non-hydrogen) atoms. The van der Waals surface area contributed by atoms with Gasteiger partial charge in [-0.15, -0.1) is 0 Å². The van der Waals surface area contributed by atoms with E-state index in [9.17, 15) is 13.2 Å². The van der Waals surface area contributed by atoms with Gasteiger partial charge in [-0.3, -0.25) is 4.79 Å². The molecular formula is C24H23N3O5S. The zero-order valence-corrected chi connectivity index (χ0v) is 19.4. The molecule has 3 aromatic carbocycles. The third-order valence-electron chi connectivity index (χ3n) is 5.29. The van der Waals surface area contributed by atoms with Gasteiger partial charge in [-0.2, -0.15) is 4.98 Å². The standard InChI is InChI=1S/C24H23N3O5S/c1-24(2,3)17-9-11-20(31-4)21(13-17)33(29,30)27-23(28)16-8-10-18-15(12-16)6-5-7-19(18)22-25-14-32-26-22/h5-14H,1-4H3,(H,27,28). The van der Waals surface area contributed by atoms with E-state index in [1.54, 1.807) is 30.3 Å². The molecule has 8 nitrogen and oxygen atoms in total. The fraction of sp³-hybridized carbons (Fsp3) is 0.208. The number of amides is 1. The van der Waals surface area contributed by atoms with E-state index in [1.807, 2.05) is 39.0 Å². The van der Waals surface area contributed by atoms with Crippen LogP contribution in [-0.2, 0) is 15.4 Å². The Balaban J connectivity index is 1.68. The Morgan fingerprint density at radius 2 is 1.85 bits per heavy atom. The summed E-state index contributed by atoms with van der Waals surface area (Å²) in [6.45, 7) is 5.92. The summed E-state index contributed by atoms with van der Waals surface area (Å²) in [5.74, 6) is -0.164. The van der Waals surface area contributed by atoms with Crippen molar-refractivity contribution in [3.63, 3.8) is 0 Å². The van der Waals surface area contributed by atoms with Gasteiger partial charge in [0, 0.05) is 11.1 Å². The van der Waals surface area contributed by atoms with E-state index in [4.69, 9.17) is 9.26 Å². The number of carbonyl (C=O) groups excluding carboxylic acids is 1. The predicted molar refractivity (Wildman–Crippen MR) is 124 cm³/mol. The first kappa shape index (κ1) is 22.5. The van der Waals surface area contributed by atoms with Crippen LogP contribution in [0.1, 0.15) is 36.7 Å². The summed E-state index contributed by atoms with van der Waals surface area (Å²) in [7, 11) is -2.80. The Hall–Kier alpha value is -3.72. The molecule has 1 heterocycles. The number of fused-ring (bicyclic) bond motifs is 1. The summed E-state index contributed by atoms with van der Waals surface area (Å²) in [5, 5.41) is 5.39. The lowest BCUT2D eigenvalue weighted by atomic mass is 9.87. The van der Waals surface area contributed by atoms with Gasteiger partial charge in [-0.25, -0.2) is 13.1 Å². The second kappa shape index (κ2) is 8.32. The quantitative estimate of drug-likeness (QED) is 0.467. The van der Waals surface area contributed by atoms with Gasteiger partial charge >= 0.3 is 0 Å². The monoisotopic (exact) mass is 465 g/mol. The van der Waals surface area contributed by atoms with Crippen molar-refractivity contribution < 1.29 is 22.5 Å². The molecule has 0 bridgehead atoms. The van der Waals surface area contributed by atoms with Crippen molar-refractivity contribution in [1.29, 1.82) is 0 Å². The molecule has 4 aromatic rings. The lowest BCUT2D eigenvalue weighted by Gasteiger charge is -2.21. The Morgan fingerprint density at radius 3 is 2.52 bits per heavy atom. The van der Waals surface area contributed by atoms with E-state index in [2.05, 4.69) is 14.9 Å². The van der Waals surface area contributed by atoms with Crippen LogP contribution in [0.4, 0.5) is 0 Å². The maximum Gasteiger partial charge on any atom is 0.268 e. The maximum absolute atomic E-state index is 13.1. The van der Waals surface area contributed by atoms with Crippen molar-refractivity contribution >= 4 is 26.7 Å². The minimum Gasteiger partial charge on any atom is -0.495 e. The molecule has 9 heteroatoms. The van der Waals surface area contributed by atoms with Gasteiger partial charge in [-0.1, -0.05) is 56.3 Å². The number of nitrogens with one attached hydrogen (secondary N) is 1. The lowest BCUT2D eigenvalue weighted by Crippen LogP contribution is -2.31. The Kier molecular flexibility index (Phi) is 5.67. The third kappa shape index (κ3) is 4.45. The van der Waals surface area contributed by atoms with Crippen molar-refractivity contribution in [3.05, 3.63) is 72.1 Å². The molecule has 0 saturated carbocycles. The first-order chi connectivity index (χ1) is 15.6. The van der Waals surface area contributed by atoms with Crippen LogP contribution in [0.25, 0.3) is 22.2 Å². The van der Waals surface area contributed by atoms with Gasteiger partial charge in [0.25, 0.3) is 15.9 Å². The lowest BCUT2D eigenvalue weighted by molar-refractivity contribution is 0.0981. The number of rotatable bonds is 5. The smallest absolute Gasteiger partial charge is 0.268 e. The summed E-state index contributed by atoms with van der Waals surface area (Å²) in [6.07, 6.45) is 1.24. The first-order valence-electron chi connectivity index (χ1n) is 10.2. The number of methoxy groups -OCH3 is 1. The largest absolute Gasteiger partial charge is 0.495 e. The van der Waals surface area contributed by atoms with Crippen LogP contribution >= 0.6 is 0 Å². The number of nitrogens with zero attached hydrogens (tertiary/aromatic N) is 2. The minimum atomic E-state index is -4.19. The molecule has 1 amide bonds. The topological polar surface area (TPSA) is 111 Å². The molecule has 0 aliphatic heterocycles. The number of carbonyl (C=O) groups is 1. The molecular weight excluding hydrogens is 442 g/mol. The molecule has 0 atom stereocenters. The summed E-state index contributed by atoms with van der Waals surface area (Å²) in [5.41, 5.74) is 1.46. The highest BCUT2D eigenvalue weighted by atomic mass is 32.2. The van der Waals surface area contributed by atoms with Crippen molar-refractivity contribution in [2.45, 2.75) is 31.1 Å². The van der Waals surface area contributed by atoms with E-state index in [0.29, 0.717) is 5.82 Å². The van der Waals surface area contributed by atoms with Crippen LogP contribution in [0.2, 0.25) is 0 Å². The second-order valence-corrected chi connectivity index (χ2v) is 10.2. The SMILES string of the molecule is COc1ccc(C(C)(C)C)cc1S(=O)(=O)NC(=O)c1ccc2c(-c3ncon3)cccc2c1. The molecule has 170 valence electrons. The van der Waals surface area contributed by atoms with Gasteiger partial charge in [0.1, 0.15) is 10.6 Å². The zero-order valence-electron chi connectivity index (χ0n) is 18.6. The Morgan fingerprint density at radius 1 is 1.06 bits per heavy atom. The summed E-state index contributed by atoms with van der Waals surface area (Å²) >= 11 is 0. The van der Waals surface area contributed by atoms with Gasteiger partial charge in [0.2, 0.25) is 12.2 Å². The highest BCUT2D eigenvalue weighted by Crippen LogP contribution is 2.31. The number of hydrogen-bond acceptors (Lipinski definition) is 7. The minimum absolute atomic E-state index is 0.0917. The van der Waals surface area contributed by atoms with Gasteiger partial charge in [0.05, 0.1) is 7.11 Å². The van der Waals surface area contributed by atoms with Crippen molar-refractivity contribution in [2.24, 2.45) is 0 Å². The van der Waals surface area contributed by atoms with Crippen LogP contribution in [0.3, 0.4) is 0 Å². The Labute approximate surface area is 191 Å². The van der Waals surface area contributed by atoms with E-state index < -0.39 is 15.9 Å². The molecule has 0 aliphatic rings. The molecule has 0 saturated heterocycles. The van der Waals surface area contributed by atoms with Crippen LogP contribution in [0, 0.1) is 0 Å². The normalized spacial score (nSPS) is 12.0. The van der Waals surface area contributed by atoms with E-state index in [1.165, 1.54) is 19.6 Å². The molecule has 4 rings (SSSR count). The summed E-state index contributed by atoms with van der Waals surface area (Å²) in [6, 6.07) is 15.3. The van der Waals surface area contributed by atoms with Gasteiger partial charge < -0.3 is 9.26 Å². The average Bonchev–Trinajstić information content (AvgIpc) is 3.31. The van der Waals surface area contributed by atoms with Crippen LogP contribution < -0.4 is 9.46 Å². The van der Waals surface area contributed by atoms with Crippen molar-refractivity contribution in [2.75, 3.05) is 7.11 Å². The predicted octanol–water partition coefficient (Wildman–Crippen LogP) is 4.31. The van der Waals surface area contributed by atoms with Crippen LogP contribution in [-0.4, -0.2) is 31.6 Å². The first-order valence-corrected chi connectivity index (χ1v) is 11.6. The highest BCUT2D eigenvalue weighted by Gasteiger charge is 2.26. The number of benzene rings is 3. The summed E-state index contributed by atoms with van der Waals surface area (Å²) in [4.78, 5) is 16.9. The fourth-order valence-electron chi connectivity index (χ4n) is 3.50. The van der Waals surface area contributed by atoms with E-state index in [0.717, 1.165) is 21.9 Å². The number of aromatic nitrogens is 2. The van der Waals surface area contributed by atoms with E-state index >= 15 is 0 Å². The zero-order chi connectivity index (χ0) is 23.8. The average molecular weight is 466 g/mol. The molecule has 0 radical (unpaired) electrons. The second-order valence-electron chi connectivity index (χ2n) is 8.55. The van der Waals surface area contributed by atoms with Crippen LogP contribution in [0.15, 0.2) is 70.4 Å². The molecule has 0 aliphatic carbocycles. The van der Waals surface area contributed by atoms with Gasteiger partial charge in [0.15, 0.2) is 0 Å². The van der Waals surface area contributed by atoms with E-state index in [-0.39, 0.29) is 21.6 Å². The molecule has 0 spiro atoms. The van der Waals surface area contributed by atoms with Crippen molar-refractivity contribution in [1.82, 2.24) is 14.9 Å². The maximum atomic E-state index is 13.1. The Bertz CT molecular complexity index is 1440. The third-order valence-corrected chi connectivity index (χ3v) is 6.64. The number of ether oxygens (including phenoxy) is 1.